The average molecular weight is 376 g/mol. The smallest absolute Gasteiger partial charge is 0.310 e. The zero-order valence-electron chi connectivity index (χ0n) is 16.0. The van der Waals surface area contributed by atoms with E-state index in [1.165, 1.54) is 0 Å². The van der Waals surface area contributed by atoms with Crippen LogP contribution < -0.4 is 0 Å². The molecular weight excluding hydrogens is 356 g/mol. The van der Waals surface area contributed by atoms with Crippen LogP contribution in [0.3, 0.4) is 0 Å². The zero-order valence-corrected chi connectivity index (χ0v) is 16.0. The van der Waals surface area contributed by atoms with Crippen molar-refractivity contribution in [2.24, 2.45) is 0 Å². The summed E-state index contributed by atoms with van der Waals surface area (Å²) in [7, 11) is 0. The number of aromatic nitrogens is 2. The van der Waals surface area contributed by atoms with E-state index in [-0.39, 0.29) is 24.9 Å². The minimum Gasteiger partial charge on any atom is -0.464 e. The Bertz CT molecular complexity index is 1140. The molecule has 0 N–H and O–H groups in total. The summed E-state index contributed by atoms with van der Waals surface area (Å²) in [5.41, 5.74) is 5.87. The Labute approximate surface area is 162 Å². The maximum Gasteiger partial charge on any atom is 0.310 e. The molecule has 0 spiro atoms. The number of aryl methyl sites for hydroxylation is 3. The molecule has 0 fully saturated rings. The van der Waals surface area contributed by atoms with E-state index in [9.17, 15) is 4.79 Å². The van der Waals surface area contributed by atoms with Crippen molar-refractivity contribution < 1.29 is 18.5 Å². The molecule has 0 amide bonds. The molecule has 4 aromatic rings. The number of carbonyl (C=O) groups is 1. The molecule has 0 unspecified atom stereocenters. The van der Waals surface area contributed by atoms with Crippen molar-refractivity contribution in [1.82, 2.24) is 10.1 Å². The van der Waals surface area contributed by atoms with Gasteiger partial charge in [-0.2, -0.15) is 4.98 Å². The molecule has 6 nitrogen and oxygen atoms in total. The second-order valence-electron chi connectivity index (χ2n) is 6.91. The van der Waals surface area contributed by atoms with Crippen molar-refractivity contribution in [2.75, 3.05) is 0 Å². The van der Waals surface area contributed by atoms with E-state index in [1.807, 2.05) is 57.2 Å². The molecule has 0 atom stereocenters. The summed E-state index contributed by atoms with van der Waals surface area (Å²) in [6.45, 7) is 6.01. The molecule has 0 bridgehead atoms. The van der Waals surface area contributed by atoms with Gasteiger partial charge in [-0.15, -0.1) is 0 Å². The fourth-order valence-corrected chi connectivity index (χ4v) is 2.96. The molecule has 0 radical (unpaired) electrons. The van der Waals surface area contributed by atoms with E-state index in [2.05, 4.69) is 10.1 Å². The van der Waals surface area contributed by atoms with E-state index in [1.54, 1.807) is 6.26 Å². The first-order valence-corrected chi connectivity index (χ1v) is 9.02. The molecule has 0 aliphatic heterocycles. The van der Waals surface area contributed by atoms with Crippen LogP contribution in [-0.4, -0.2) is 16.1 Å². The van der Waals surface area contributed by atoms with E-state index in [0.29, 0.717) is 5.82 Å². The molecule has 6 heteroatoms. The molecule has 2 aromatic heterocycles. The van der Waals surface area contributed by atoms with Crippen molar-refractivity contribution in [3.05, 3.63) is 70.8 Å². The van der Waals surface area contributed by atoms with Gasteiger partial charge in [0.05, 0.1) is 12.7 Å². The lowest BCUT2D eigenvalue weighted by Gasteiger charge is -2.02. The number of furan rings is 1. The summed E-state index contributed by atoms with van der Waals surface area (Å²) in [4.78, 5) is 16.5. The highest BCUT2D eigenvalue weighted by Crippen LogP contribution is 2.25. The van der Waals surface area contributed by atoms with Gasteiger partial charge in [0, 0.05) is 16.5 Å². The van der Waals surface area contributed by atoms with Gasteiger partial charge in [-0.05, 0) is 44.0 Å². The number of esters is 1. The Balaban J connectivity index is 1.40. The molecule has 0 saturated heterocycles. The Morgan fingerprint density at radius 2 is 1.82 bits per heavy atom. The van der Waals surface area contributed by atoms with Crippen LogP contribution in [0.1, 0.15) is 28.1 Å². The van der Waals surface area contributed by atoms with Crippen LogP contribution in [0.5, 0.6) is 0 Å². The van der Waals surface area contributed by atoms with Gasteiger partial charge in [0.2, 0.25) is 5.82 Å². The molecule has 142 valence electrons. The van der Waals surface area contributed by atoms with Crippen LogP contribution in [-0.2, 0) is 22.6 Å². The monoisotopic (exact) mass is 376 g/mol. The maximum absolute atomic E-state index is 12.2. The van der Waals surface area contributed by atoms with E-state index in [4.69, 9.17) is 13.7 Å². The largest absolute Gasteiger partial charge is 0.464 e. The zero-order chi connectivity index (χ0) is 19.7. The highest BCUT2D eigenvalue weighted by atomic mass is 16.6. The SMILES string of the molecule is Cc1ccc(-c2noc(COC(=O)Cc3coc4cc(C)c(C)cc34)n2)cc1. The number of fused-ring (bicyclic) bond motifs is 1. The van der Waals surface area contributed by atoms with Gasteiger partial charge in [-0.1, -0.05) is 35.0 Å². The summed E-state index contributed by atoms with van der Waals surface area (Å²) in [6.07, 6.45) is 1.72. The topological polar surface area (TPSA) is 78.4 Å². The molecule has 2 aromatic carbocycles. The first kappa shape index (κ1) is 18.0. The first-order chi connectivity index (χ1) is 13.5. The normalized spacial score (nSPS) is 11.1. The Hall–Kier alpha value is -3.41. The predicted molar refractivity (Wildman–Crippen MR) is 104 cm³/mol. The van der Waals surface area contributed by atoms with Crippen molar-refractivity contribution in [3.8, 4) is 11.4 Å². The maximum atomic E-state index is 12.2. The third-order valence-electron chi connectivity index (χ3n) is 4.74. The van der Waals surface area contributed by atoms with Gasteiger partial charge in [-0.3, -0.25) is 4.79 Å². The Morgan fingerprint density at radius 3 is 2.61 bits per heavy atom. The second-order valence-corrected chi connectivity index (χ2v) is 6.91. The summed E-state index contributed by atoms with van der Waals surface area (Å²) in [5.74, 6) is 0.348. The lowest BCUT2D eigenvalue weighted by molar-refractivity contribution is -0.144. The second kappa shape index (κ2) is 7.31. The van der Waals surface area contributed by atoms with Crippen LogP contribution in [0.25, 0.3) is 22.4 Å². The van der Waals surface area contributed by atoms with Crippen LogP contribution in [0.4, 0.5) is 0 Å². The fraction of sp³-hybridized carbons (Fsp3) is 0.227. The summed E-state index contributed by atoms with van der Waals surface area (Å²) < 4.78 is 16.0. The van der Waals surface area contributed by atoms with Gasteiger partial charge in [-0.25, -0.2) is 0 Å². The number of rotatable bonds is 5. The Morgan fingerprint density at radius 1 is 1.07 bits per heavy atom. The number of nitrogens with zero attached hydrogens (tertiary/aromatic N) is 2. The standard InChI is InChI=1S/C22H20N2O4/c1-13-4-6-16(7-5-13)22-23-20(28-24-22)12-27-21(25)10-17-11-26-19-9-15(3)14(2)8-18(17)19/h4-9,11H,10,12H2,1-3H3. The van der Waals surface area contributed by atoms with Gasteiger partial charge < -0.3 is 13.7 Å². The fourth-order valence-electron chi connectivity index (χ4n) is 2.96. The molecule has 28 heavy (non-hydrogen) atoms. The van der Waals surface area contributed by atoms with Gasteiger partial charge in [0.25, 0.3) is 5.89 Å². The third kappa shape index (κ3) is 3.67. The summed E-state index contributed by atoms with van der Waals surface area (Å²) >= 11 is 0. The lowest BCUT2D eigenvalue weighted by atomic mass is 10.0. The molecule has 0 aliphatic rings. The molecule has 0 aliphatic carbocycles. The number of hydrogen-bond acceptors (Lipinski definition) is 6. The van der Waals surface area contributed by atoms with Crippen molar-refractivity contribution in [3.63, 3.8) is 0 Å². The molecule has 4 rings (SSSR count). The lowest BCUT2D eigenvalue weighted by Crippen LogP contribution is -2.08. The van der Waals surface area contributed by atoms with Crippen LogP contribution in [0.2, 0.25) is 0 Å². The van der Waals surface area contributed by atoms with E-state index in [0.717, 1.165) is 38.8 Å². The van der Waals surface area contributed by atoms with Gasteiger partial charge in [0.1, 0.15) is 5.58 Å². The molecule has 2 heterocycles. The first-order valence-electron chi connectivity index (χ1n) is 9.02. The number of hydrogen-bond donors (Lipinski definition) is 0. The Kier molecular flexibility index (Phi) is 4.69. The van der Waals surface area contributed by atoms with Crippen LogP contribution in [0.15, 0.2) is 51.6 Å². The van der Waals surface area contributed by atoms with Gasteiger partial charge in [0.15, 0.2) is 6.61 Å². The van der Waals surface area contributed by atoms with Crippen molar-refractivity contribution in [2.45, 2.75) is 33.8 Å². The molecular formula is C22H20N2O4. The number of ether oxygens (including phenoxy) is 1. The van der Waals surface area contributed by atoms with Crippen LogP contribution >= 0.6 is 0 Å². The minimum absolute atomic E-state index is 0.0639. The third-order valence-corrected chi connectivity index (χ3v) is 4.74. The number of carbonyl (C=O) groups excluding carboxylic acids is 1. The predicted octanol–water partition coefficient (Wildman–Crippen LogP) is 4.69. The minimum atomic E-state index is -0.379. The van der Waals surface area contributed by atoms with E-state index < -0.39 is 0 Å². The quantitative estimate of drug-likeness (QED) is 0.470. The molecule has 0 saturated carbocycles. The number of benzene rings is 2. The van der Waals surface area contributed by atoms with Crippen LogP contribution in [0, 0.1) is 20.8 Å². The highest BCUT2D eigenvalue weighted by molar-refractivity contribution is 5.86. The van der Waals surface area contributed by atoms with Crippen molar-refractivity contribution >= 4 is 16.9 Å². The summed E-state index contributed by atoms with van der Waals surface area (Å²) in [6, 6.07) is 11.8. The summed E-state index contributed by atoms with van der Waals surface area (Å²) in [5, 5.41) is 4.87. The van der Waals surface area contributed by atoms with Crippen molar-refractivity contribution in [1.29, 1.82) is 0 Å². The average Bonchev–Trinajstić information content (AvgIpc) is 3.29. The van der Waals surface area contributed by atoms with E-state index >= 15 is 0 Å². The van der Waals surface area contributed by atoms with Gasteiger partial charge >= 0.3 is 5.97 Å². The highest BCUT2D eigenvalue weighted by Gasteiger charge is 2.15.